The number of nitrogens with zero attached hydrogens (tertiary/aromatic N) is 4. The van der Waals surface area contributed by atoms with Crippen molar-refractivity contribution in [3.63, 3.8) is 0 Å². The van der Waals surface area contributed by atoms with E-state index < -0.39 is 51.8 Å². The molecule has 0 spiro atoms. The zero-order valence-corrected chi connectivity index (χ0v) is 19.9. The summed E-state index contributed by atoms with van der Waals surface area (Å²) in [5, 5.41) is 28.0. The Morgan fingerprint density at radius 3 is 2.26 bits per heavy atom. The molecule has 1 saturated heterocycles. The summed E-state index contributed by atoms with van der Waals surface area (Å²) in [5.74, 6) is -4.04. The summed E-state index contributed by atoms with van der Waals surface area (Å²) in [6, 6.07) is 11.7. The summed E-state index contributed by atoms with van der Waals surface area (Å²) in [5.41, 5.74) is 0.377. The van der Waals surface area contributed by atoms with Crippen molar-refractivity contribution in [2.24, 2.45) is 11.0 Å². The van der Waals surface area contributed by atoms with E-state index in [1.807, 2.05) is 0 Å². The van der Waals surface area contributed by atoms with Crippen LogP contribution in [0.3, 0.4) is 0 Å². The third kappa shape index (κ3) is 4.19. The second-order valence-electron chi connectivity index (χ2n) is 8.73. The summed E-state index contributed by atoms with van der Waals surface area (Å²) in [4.78, 5) is 39.0. The third-order valence-corrected chi connectivity index (χ3v) is 6.54. The molecule has 10 nitrogen and oxygen atoms in total. The fraction of sp³-hybridized carbons (Fsp3) is 0.192. The molecule has 2 heterocycles. The molecule has 3 aromatic rings. The number of aromatic hydroxyl groups is 1. The third-order valence-electron chi connectivity index (χ3n) is 6.54. The molecule has 2 atom stereocenters. The zero-order valence-electron chi connectivity index (χ0n) is 19.9. The number of amides is 2. The number of fused-ring (bicyclic) bond motifs is 1. The number of hydrogen-bond donors (Lipinski definition) is 1. The molecule has 0 radical (unpaired) electrons. The van der Waals surface area contributed by atoms with Gasteiger partial charge in [0.25, 0.3) is 11.6 Å². The average Bonchev–Trinajstić information content (AvgIpc) is 3.40. The van der Waals surface area contributed by atoms with E-state index in [0.717, 1.165) is 17.0 Å². The fourth-order valence-corrected chi connectivity index (χ4v) is 4.66. The number of ether oxygens (including phenoxy) is 1. The lowest BCUT2D eigenvalue weighted by Gasteiger charge is -2.22. The van der Waals surface area contributed by atoms with Gasteiger partial charge < -0.3 is 9.84 Å². The molecule has 38 heavy (non-hydrogen) atoms. The van der Waals surface area contributed by atoms with E-state index >= 15 is 0 Å². The summed E-state index contributed by atoms with van der Waals surface area (Å²) >= 11 is 0. The van der Waals surface area contributed by atoms with Gasteiger partial charge in [-0.2, -0.15) is 5.10 Å². The van der Waals surface area contributed by atoms with Gasteiger partial charge >= 0.3 is 0 Å². The van der Waals surface area contributed by atoms with Crippen molar-refractivity contribution in [1.29, 1.82) is 0 Å². The number of carbonyl (C=O) groups excluding carboxylic acids is 2. The maximum absolute atomic E-state index is 13.6. The number of hydrogen-bond acceptors (Lipinski definition) is 8. The minimum atomic E-state index is -1.21. The van der Waals surface area contributed by atoms with Crippen LogP contribution in [0.1, 0.15) is 11.1 Å². The van der Waals surface area contributed by atoms with E-state index in [-0.39, 0.29) is 30.0 Å². The molecule has 1 N–H and O–H groups in total. The number of phenolic OH excluding ortho intramolecular Hbond substituents is 1. The van der Waals surface area contributed by atoms with Crippen LogP contribution in [0.5, 0.6) is 11.5 Å². The van der Waals surface area contributed by atoms with Crippen molar-refractivity contribution in [1.82, 2.24) is 4.90 Å². The lowest BCUT2D eigenvalue weighted by Crippen LogP contribution is -2.39. The topological polar surface area (TPSA) is 126 Å². The largest absolute Gasteiger partial charge is 0.504 e. The number of nitro groups is 1. The maximum Gasteiger partial charge on any atom is 0.274 e. The van der Waals surface area contributed by atoms with Gasteiger partial charge in [0.05, 0.1) is 35.1 Å². The normalized spacial score (nSPS) is 18.6. The van der Waals surface area contributed by atoms with Crippen molar-refractivity contribution < 1.29 is 33.1 Å². The number of rotatable bonds is 7. The first-order valence-electron chi connectivity index (χ1n) is 11.5. The van der Waals surface area contributed by atoms with Crippen LogP contribution in [-0.2, 0) is 16.0 Å². The SMILES string of the molecule is COc1cc([N+](=O)[O-])cc(C2=NN(c3ccc(F)cc3)C3C(=O)N(CCc4ccc(F)cc4)C(=O)C23)c1O. The lowest BCUT2D eigenvalue weighted by atomic mass is 9.91. The van der Waals surface area contributed by atoms with Gasteiger partial charge in [0, 0.05) is 12.6 Å². The molecule has 0 saturated carbocycles. The summed E-state index contributed by atoms with van der Waals surface area (Å²) in [7, 11) is 1.22. The highest BCUT2D eigenvalue weighted by atomic mass is 19.1. The van der Waals surface area contributed by atoms with E-state index in [9.17, 15) is 33.6 Å². The van der Waals surface area contributed by atoms with Crippen molar-refractivity contribution >= 4 is 28.9 Å². The Kier molecular flexibility index (Phi) is 6.23. The van der Waals surface area contributed by atoms with E-state index in [2.05, 4.69) is 5.10 Å². The minimum absolute atomic E-state index is 0.00885. The van der Waals surface area contributed by atoms with Gasteiger partial charge in [-0.3, -0.25) is 29.6 Å². The van der Waals surface area contributed by atoms with Crippen LogP contribution >= 0.6 is 0 Å². The molecule has 12 heteroatoms. The van der Waals surface area contributed by atoms with Gasteiger partial charge in [-0.05, 0) is 48.4 Å². The second kappa shape index (κ2) is 9.54. The van der Waals surface area contributed by atoms with Gasteiger partial charge in [-0.25, -0.2) is 8.78 Å². The van der Waals surface area contributed by atoms with Crippen molar-refractivity contribution in [3.05, 3.63) is 93.5 Å². The molecule has 0 aliphatic carbocycles. The van der Waals surface area contributed by atoms with Crippen LogP contribution in [0.4, 0.5) is 20.2 Å². The van der Waals surface area contributed by atoms with Gasteiger partial charge in [0.2, 0.25) is 5.91 Å². The summed E-state index contributed by atoms with van der Waals surface area (Å²) in [6.07, 6.45) is 0.260. The molecule has 0 bridgehead atoms. The van der Waals surface area contributed by atoms with Crippen LogP contribution in [0.25, 0.3) is 0 Å². The number of likely N-dealkylation sites (tertiary alicyclic amines) is 1. The number of benzene rings is 3. The number of carbonyl (C=O) groups is 2. The molecular weight excluding hydrogens is 502 g/mol. The Hall–Kier alpha value is -4.87. The predicted octanol–water partition coefficient (Wildman–Crippen LogP) is 3.41. The smallest absolute Gasteiger partial charge is 0.274 e. The van der Waals surface area contributed by atoms with Gasteiger partial charge in [-0.15, -0.1) is 0 Å². The van der Waals surface area contributed by atoms with E-state index in [0.29, 0.717) is 11.3 Å². The number of imide groups is 1. The number of halogens is 2. The van der Waals surface area contributed by atoms with Crippen molar-refractivity contribution in [2.75, 3.05) is 18.7 Å². The van der Waals surface area contributed by atoms with Gasteiger partial charge in [-0.1, -0.05) is 12.1 Å². The molecule has 3 aromatic carbocycles. The first kappa shape index (κ1) is 24.8. The number of hydrazone groups is 1. The second-order valence-corrected chi connectivity index (χ2v) is 8.73. The predicted molar refractivity (Wildman–Crippen MR) is 131 cm³/mol. The highest BCUT2D eigenvalue weighted by Crippen LogP contribution is 2.42. The van der Waals surface area contributed by atoms with Crippen LogP contribution in [0.15, 0.2) is 65.8 Å². The molecule has 1 fully saturated rings. The molecule has 5 rings (SSSR count). The van der Waals surface area contributed by atoms with Crippen LogP contribution < -0.4 is 9.75 Å². The Balaban J connectivity index is 1.58. The Bertz CT molecular complexity index is 1480. The Labute approximate surface area is 214 Å². The molecular formula is C26H20F2N4O6. The first-order chi connectivity index (χ1) is 18.2. The Morgan fingerprint density at radius 1 is 1.03 bits per heavy atom. The molecule has 2 aliphatic heterocycles. The summed E-state index contributed by atoms with van der Waals surface area (Å²) in [6.45, 7) is -0.00885. The van der Waals surface area contributed by atoms with Crippen molar-refractivity contribution in [3.8, 4) is 11.5 Å². The monoisotopic (exact) mass is 522 g/mol. The van der Waals surface area contributed by atoms with Crippen molar-refractivity contribution in [2.45, 2.75) is 12.5 Å². The quantitative estimate of drug-likeness (QED) is 0.286. The number of non-ortho nitro benzene ring substituents is 1. The van der Waals surface area contributed by atoms with Crippen LogP contribution in [0.2, 0.25) is 0 Å². The first-order valence-corrected chi connectivity index (χ1v) is 11.5. The van der Waals surface area contributed by atoms with Crippen LogP contribution in [-0.4, -0.2) is 52.2 Å². The fourth-order valence-electron chi connectivity index (χ4n) is 4.66. The van der Waals surface area contributed by atoms with E-state index in [1.54, 1.807) is 12.1 Å². The molecule has 2 aliphatic rings. The average molecular weight is 522 g/mol. The zero-order chi connectivity index (χ0) is 27.1. The number of anilines is 1. The minimum Gasteiger partial charge on any atom is -0.504 e. The maximum atomic E-state index is 13.6. The molecule has 194 valence electrons. The summed E-state index contributed by atoms with van der Waals surface area (Å²) < 4.78 is 32.0. The highest BCUT2D eigenvalue weighted by Gasteiger charge is 2.57. The van der Waals surface area contributed by atoms with E-state index in [1.165, 1.54) is 48.5 Å². The molecule has 0 aromatic heterocycles. The van der Waals surface area contributed by atoms with Crippen LogP contribution in [0, 0.1) is 27.7 Å². The number of nitro benzene ring substituents is 1. The molecule has 2 unspecified atom stereocenters. The standard InChI is InChI=1S/C26H20F2N4O6/c1-38-20-13-18(32(36)37)12-19(24(20)33)22-21-23(31(29-22)17-8-6-16(28)7-9-17)26(35)30(25(21)34)11-10-14-2-4-15(27)5-3-14/h2-9,12-13,21,23,33H,10-11H2,1H3. The lowest BCUT2D eigenvalue weighted by molar-refractivity contribution is -0.385. The Morgan fingerprint density at radius 2 is 1.66 bits per heavy atom. The molecule has 2 amide bonds. The number of phenols is 1. The van der Waals surface area contributed by atoms with E-state index in [4.69, 9.17) is 4.74 Å². The number of methoxy groups -OCH3 is 1. The van der Waals surface area contributed by atoms with Gasteiger partial charge in [0.1, 0.15) is 23.6 Å². The van der Waals surface area contributed by atoms with Gasteiger partial charge in [0.15, 0.2) is 11.5 Å². The highest BCUT2D eigenvalue weighted by molar-refractivity contribution is 6.26.